The number of carboxylic acids is 1. The molecular weight excluding hydrogens is 270 g/mol. The van der Waals surface area contributed by atoms with Crippen molar-refractivity contribution >= 4 is 39.1 Å². The van der Waals surface area contributed by atoms with Gasteiger partial charge >= 0.3 is 5.97 Å². The number of carbonyl (C=O) groups is 2. The topological polar surface area (TPSA) is 66.4 Å². The lowest BCUT2D eigenvalue weighted by Crippen LogP contribution is -2.37. The van der Waals surface area contributed by atoms with Gasteiger partial charge < -0.3 is 10.4 Å². The fourth-order valence-corrected chi connectivity index (χ4v) is 2.06. The van der Waals surface area contributed by atoms with E-state index in [4.69, 9.17) is 5.11 Å². The van der Waals surface area contributed by atoms with Gasteiger partial charge in [-0.15, -0.1) is 11.3 Å². The summed E-state index contributed by atoms with van der Waals surface area (Å²) in [6.07, 6.45) is 0. The van der Waals surface area contributed by atoms with Crippen molar-refractivity contribution in [1.82, 2.24) is 5.32 Å². The van der Waals surface area contributed by atoms with E-state index in [1.807, 2.05) is 0 Å². The largest absolute Gasteiger partial charge is 0.480 e. The van der Waals surface area contributed by atoms with Crippen LogP contribution in [0, 0.1) is 0 Å². The third-order valence-corrected chi connectivity index (χ3v) is 3.14. The first-order valence-electron chi connectivity index (χ1n) is 3.79. The van der Waals surface area contributed by atoms with Crippen molar-refractivity contribution in [3.63, 3.8) is 0 Å². The van der Waals surface area contributed by atoms with Crippen molar-refractivity contribution in [2.45, 2.75) is 13.0 Å². The molecule has 0 aliphatic heterocycles. The lowest BCUT2D eigenvalue weighted by Gasteiger charge is -2.07. The van der Waals surface area contributed by atoms with Crippen LogP contribution in [0.2, 0.25) is 0 Å². The molecule has 14 heavy (non-hydrogen) atoms. The van der Waals surface area contributed by atoms with Crippen LogP contribution in [0.4, 0.5) is 0 Å². The number of hydrogen-bond acceptors (Lipinski definition) is 3. The first-order valence-corrected chi connectivity index (χ1v) is 5.40. The van der Waals surface area contributed by atoms with E-state index < -0.39 is 12.0 Å². The summed E-state index contributed by atoms with van der Waals surface area (Å²) in [6, 6.07) is 2.51. The predicted octanol–water partition coefficient (Wildman–Crippen LogP) is 1.71. The monoisotopic (exact) mass is 277 g/mol. The van der Waals surface area contributed by atoms with Gasteiger partial charge in [-0.2, -0.15) is 0 Å². The van der Waals surface area contributed by atoms with Gasteiger partial charge in [-0.3, -0.25) is 9.59 Å². The van der Waals surface area contributed by atoms with Crippen LogP contribution in [-0.2, 0) is 4.79 Å². The van der Waals surface area contributed by atoms with Crippen molar-refractivity contribution < 1.29 is 14.7 Å². The fourth-order valence-electron chi connectivity index (χ4n) is 0.766. The van der Waals surface area contributed by atoms with Gasteiger partial charge in [0.15, 0.2) is 0 Å². The summed E-state index contributed by atoms with van der Waals surface area (Å²) in [5.74, 6) is -1.41. The molecule has 0 fully saturated rings. The molecule has 0 spiro atoms. The Morgan fingerprint density at radius 2 is 2.21 bits per heavy atom. The van der Waals surface area contributed by atoms with Crippen LogP contribution in [0.25, 0.3) is 0 Å². The van der Waals surface area contributed by atoms with Gasteiger partial charge in [-0.25, -0.2) is 0 Å². The summed E-state index contributed by atoms with van der Waals surface area (Å²) in [4.78, 5) is 22.3. The lowest BCUT2D eigenvalue weighted by atomic mass is 10.3. The molecule has 4 nitrogen and oxygen atoms in total. The molecule has 76 valence electrons. The SMILES string of the molecule is CC(NC(=O)c1ccc(Br)s1)C(=O)O. The number of hydrogen-bond donors (Lipinski definition) is 2. The number of carbonyl (C=O) groups excluding carboxylic acids is 1. The summed E-state index contributed by atoms with van der Waals surface area (Å²) in [7, 11) is 0. The van der Waals surface area contributed by atoms with Gasteiger partial charge in [0, 0.05) is 0 Å². The number of rotatable bonds is 3. The van der Waals surface area contributed by atoms with Crippen LogP contribution < -0.4 is 5.32 Å². The van der Waals surface area contributed by atoms with E-state index in [1.54, 1.807) is 12.1 Å². The molecule has 1 amide bonds. The Hall–Kier alpha value is -0.880. The molecule has 1 aromatic rings. The summed E-state index contributed by atoms with van der Waals surface area (Å²) >= 11 is 4.48. The third kappa shape index (κ3) is 2.81. The molecular formula is C8H8BrNO3S. The predicted molar refractivity (Wildman–Crippen MR) is 56.6 cm³/mol. The average molecular weight is 278 g/mol. The Balaban J connectivity index is 2.63. The summed E-state index contributed by atoms with van der Waals surface area (Å²) in [6.45, 7) is 1.42. The average Bonchev–Trinajstić information content (AvgIpc) is 2.51. The Morgan fingerprint density at radius 3 is 2.64 bits per heavy atom. The van der Waals surface area contributed by atoms with Crippen LogP contribution in [0.15, 0.2) is 15.9 Å². The fraction of sp³-hybridized carbons (Fsp3) is 0.250. The maximum Gasteiger partial charge on any atom is 0.325 e. The normalized spacial score (nSPS) is 12.1. The Bertz CT molecular complexity index is 363. The minimum absolute atomic E-state index is 0.365. The van der Waals surface area contributed by atoms with Gasteiger partial charge in [-0.1, -0.05) is 0 Å². The molecule has 6 heteroatoms. The maximum absolute atomic E-state index is 11.4. The van der Waals surface area contributed by atoms with Crippen molar-refractivity contribution in [3.8, 4) is 0 Å². The van der Waals surface area contributed by atoms with E-state index >= 15 is 0 Å². The van der Waals surface area contributed by atoms with Crippen LogP contribution in [0.5, 0.6) is 0 Å². The minimum Gasteiger partial charge on any atom is -0.480 e. The molecule has 0 radical (unpaired) electrons. The lowest BCUT2D eigenvalue weighted by molar-refractivity contribution is -0.138. The summed E-state index contributed by atoms with van der Waals surface area (Å²) in [5, 5.41) is 10.9. The number of nitrogens with one attached hydrogen (secondary N) is 1. The van der Waals surface area contributed by atoms with Crippen LogP contribution in [-0.4, -0.2) is 23.0 Å². The van der Waals surface area contributed by atoms with Gasteiger partial charge in [-0.05, 0) is 35.0 Å². The molecule has 0 aliphatic rings. The van der Waals surface area contributed by atoms with Crippen molar-refractivity contribution in [2.75, 3.05) is 0 Å². The Morgan fingerprint density at radius 1 is 1.57 bits per heavy atom. The minimum atomic E-state index is -1.05. The molecule has 0 saturated heterocycles. The highest BCUT2D eigenvalue weighted by Gasteiger charge is 2.16. The number of amides is 1. The van der Waals surface area contributed by atoms with Gasteiger partial charge in [0.2, 0.25) is 0 Å². The van der Waals surface area contributed by atoms with Gasteiger partial charge in [0.25, 0.3) is 5.91 Å². The molecule has 1 aromatic heterocycles. The Kier molecular flexibility index (Phi) is 3.65. The van der Waals surface area contributed by atoms with Gasteiger partial charge in [0.1, 0.15) is 6.04 Å². The quantitative estimate of drug-likeness (QED) is 0.884. The number of thiophene rings is 1. The van der Waals surface area contributed by atoms with Gasteiger partial charge in [0.05, 0.1) is 8.66 Å². The molecule has 0 aliphatic carbocycles. The highest BCUT2D eigenvalue weighted by Crippen LogP contribution is 2.21. The zero-order chi connectivity index (χ0) is 10.7. The van der Waals surface area contributed by atoms with E-state index in [0.717, 1.165) is 3.79 Å². The first-order chi connectivity index (χ1) is 6.50. The summed E-state index contributed by atoms with van der Waals surface area (Å²) < 4.78 is 0.839. The molecule has 0 aromatic carbocycles. The van der Waals surface area contributed by atoms with E-state index in [-0.39, 0.29) is 5.91 Å². The highest BCUT2D eigenvalue weighted by molar-refractivity contribution is 9.11. The number of aliphatic carboxylic acids is 1. The third-order valence-electron chi connectivity index (χ3n) is 1.52. The molecule has 2 N–H and O–H groups in total. The Labute approximate surface area is 93.1 Å². The van der Waals surface area contributed by atoms with E-state index in [2.05, 4.69) is 21.2 Å². The number of carboxylic acid groups (broad SMARTS) is 1. The molecule has 0 bridgehead atoms. The highest BCUT2D eigenvalue weighted by atomic mass is 79.9. The second-order valence-electron chi connectivity index (χ2n) is 2.64. The maximum atomic E-state index is 11.4. The van der Waals surface area contributed by atoms with Crippen LogP contribution in [0.1, 0.15) is 16.6 Å². The second kappa shape index (κ2) is 4.56. The standard InChI is InChI=1S/C8H8BrNO3S/c1-4(8(12)13)10-7(11)5-2-3-6(9)14-5/h2-4H,1H3,(H,10,11)(H,12,13). The molecule has 1 unspecified atom stereocenters. The van der Waals surface area contributed by atoms with Crippen molar-refractivity contribution in [2.24, 2.45) is 0 Å². The van der Waals surface area contributed by atoms with Crippen LogP contribution in [0.3, 0.4) is 0 Å². The van der Waals surface area contributed by atoms with E-state index in [0.29, 0.717) is 4.88 Å². The van der Waals surface area contributed by atoms with Crippen molar-refractivity contribution in [3.05, 3.63) is 20.8 Å². The molecule has 0 saturated carbocycles. The zero-order valence-electron chi connectivity index (χ0n) is 7.28. The summed E-state index contributed by atoms with van der Waals surface area (Å²) in [5.41, 5.74) is 0. The molecule has 1 heterocycles. The smallest absolute Gasteiger partial charge is 0.325 e. The first kappa shape index (κ1) is 11.2. The molecule has 1 atom stereocenters. The van der Waals surface area contributed by atoms with E-state index in [1.165, 1.54) is 18.3 Å². The van der Waals surface area contributed by atoms with Crippen LogP contribution >= 0.6 is 27.3 Å². The number of halogens is 1. The zero-order valence-corrected chi connectivity index (χ0v) is 9.68. The van der Waals surface area contributed by atoms with Crippen molar-refractivity contribution in [1.29, 1.82) is 0 Å². The molecule has 1 rings (SSSR count). The van der Waals surface area contributed by atoms with E-state index in [9.17, 15) is 9.59 Å². The second-order valence-corrected chi connectivity index (χ2v) is 5.10.